The summed E-state index contributed by atoms with van der Waals surface area (Å²) in [4.78, 5) is 11.4. The van der Waals surface area contributed by atoms with Crippen molar-refractivity contribution < 1.29 is 19.0 Å². The van der Waals surface area contributed by atoms with E-state index in [9.17, 15) is 4.79 Å². The largest absolute Gasteiger partial charge is 0.497 e. The maximum Gasteiger partial charge on any atom is 0.152 e. The molecule has 2 fully saturated rings. The predicted octanol–water partition coefficient (Wildman–Crippen LogP) is 3.79. The molecule has 2 aliphatic rings. The highest BCUT2D eigenvalue weighted by molar-refractivity contribution is 5.87. The van der Waals surface area contributed by atoms with Crippen molar-refractivity contribution in [1.82, 2.24) is 0 Å². The Morgan fingerprint density at radius 3 is 2.58 bits per heavy atom. The number of hydrogen-bond acceptors (Lipinski definition) is 4. The smallest absolute Gasteiger partial charge is 0.152 e. The molecule has 2 bridgehead atoms. The number of carbonyl (C=O) groups excluding carboxylic acids is 1. The van der Waals surface area contributed by atoms with Crippen molar-refractivity contribution in [3.05, 3.63) is 36.4 Å². The first-order valence-electron chi connectivity index (χ1n) is 8.51. The van der Waals surface area contributed by atoms with Crippen LogP contribution in [0, 0.1) is 11.3 Å². The van der Waals surface area contributed by atoms with E-state index in [4.69, 9.17) is 14.2 Å². The lowest BCUT2D eigenvalue weighted by Gasteiger charge is -2.39. The number of rotatable bonds is 6. The monoisotopic (exact) mass is 330 g/mol. The first-order chi connectivity index (χ1) is 11.4. The maximum absolute atomic E-state index is 11.4. The number of carbonyl (C=O) groups is 1. The summed E-state index contributed by atoms with van der Waals surface area (Å²) < 4.78 is 17.6. The van der Waals surface area contributed by atoms with E-state index in [0.717, 1.165) is 24.3 Å². The first-order valence-corrected chi connectivity index (χ1v) is 8.51. The molecular formula is C20H26O4. The summed E-state index contributed by atoms with van der Waals surface area (Å²) in [5.74, 6) is 1.85. The van der Waals surface area contributed by atoms with Crippen molar-refractivity contribution >= 4 is 5.78 Å². The minimum atomic E-state index is -0.347. The third kappa shape index (κ3) is 2.95. The van der Waals surface area contributed by atoms with Gasteiger partial charge in [-0.15, -0.1) is 0 Å². The van der Waals surface area contributed by atoms with Crippen LogP contribution in [0.1, 0.15) is 33.6 Å². The fourth-order valence-electron chi connectivity index (χ4n) is 4.14. The number of benzene rings is 1. The molecule has 2 heterocycles. The zero-order chi connectivity index (χ0) is 17.4. The second-order valence-corrected chi connectivity index (χ2v) is 7.44. The number of ketones is 1. The number of methoxy groups -OCH3 is 1. The van der Waals surface area contributed by atoms with Gasteiger partial charge in [0.05, 0.1) is 13.2 Å². The van der Waals surface area contributed by atoms with Crippen LogP contribution in [0.3, 0.4) is 0 Å². The van der Waals surface area contributed by atoms with Crippen LogP contribution < -0.4 is 9.47 Å². The fourth-order valence-corrected chi connectivity index (χ4v) is 4.14. The van der Waals surface area contributed by atoms with E-state index in [-0.39, 0.29) is 28.8 Å². The zero-order valence-electron chi connectivity index (χ0n) is 14.9. The Morgan fingerprint density at radius 2 is 1.96 bits per heavy atom. The Bertz CT molecular complexity index is 632. The predicted molar refractivity (Wildman–Crippen MR) is 92.4 cm³/mol. The van der Waals surface area contributed by atoms with Gasteiger partial charge in [-0.3, -0.25) is 4.79 Å². The van der Waals surface area contributed by atoms with E-state index < -0.39 is 0 Å². The minimum absolute atomic E-state index is 0.00741. The molecule has 130 valence electrons. The molecule has 0 amide bonds. The topological polar surface area (TPSA) is 44.8 Å². The van der Waals surface area contributed by atoms with Gasteiger partial charge < -0.3 is 14.2 Å². The Balaban J connectivity index is 1.77. The van der Waals surface area contributed by atoms with Gasteiger partial charge >= 0.3 is 0 Å². The molecule has 4 nitrogen and oxygen atoms in total. The third-order valence-electron chi connectivity index (χ3n) is 5.47. The second-order valence-electron chi connectivity index (χ2n) is 7.44. The molecule has 0 spiro atoms. The van der Waals surface area contributed by atoms with Crippen LogP contribution in [-0.4, -0.2) is 31.2 Å². The van der Waals surface area contributed by atoms with E-state index in [1.807, 2.05) is 30.3 Å². The summed E-state index contributed by atoms with van der Waals surface area (Å²) in [5.41, 5.74) is -0.340. The molecule has 0 aliphatic carbocycles. The number of ether oxygens (including phenoxy) is 3. The van der Waals surface area contributed by atoms with Crippen molar-refractivity contribution in [1.29, 1.82) is 0 Å². The van der Waals surface area contributed by atoms with E-state index in [0.29, 0.717) is 6.61 Å². The van der Waals surface area contributed by atoms with Crippen LogP contribution in [-0.2, 0) is 9.53 Å². The molecule has 0 N–H and O–H groups in total. The first kappa shape index (κ1) is 17.0. The third-order valence-corrected chi connectivity index (χ3v) is 5.47. The fraction of sp³-hybridized carbons (Fsp3) is 0.550. The van der Waals surface area contributed by atoms with Gasteiger partial charge in [-0.1, -0.05) is 19.9 Å². The lowest BCUT2D eigenvalue weighted by atomic mass is 9.63. The molecular weight excluding hydrogens is 304 g/mol. The minimum Gasteiger partial charge on any atom is -0.497 e. The lowest BCUT2D eigenvalue weighted by Crippen LogP contribution is -2.45. The molecule has 0 radical (unpaired) electrons. The van der Waals surface area contributed by atoms with E-state index >= 15 is 0 Å². The molecule has 0 unspecified atom stereocenters. The Morgan fingerprint density at radius 1 is 1.29 bits per heavy atom. The molecule has 24 heavy (non-hydrogen) atoms. The SMILES string of the molecule is COc1ccc(OC[C@@]23CC[C@@H](O2)C(C)(C)[C@@H]3/C=C/C(C)=O)cc1. The van der Waals surface area contributed by atoms with Gasteiger partial charge in [0, 0.05) is 11.3 Å². The highest BCUT2D eigenvalue weighted by Crippen LogP contribution is 2.58. The van der Waals surface area contributed by atoms with E-state index in [1.54, 1.807) is 20.1 Å². The van der Waals surface area contributed by atoms with Crippen LogP contribution in [0.5, 0.6) is 11.5 Å². The van der Waals surface area contributed by atoms with E-state index in [1.165, 1.54) is 0 Å². The molecule has 4 heteroatoms. The molecule has 1 aromatic rings. The molecule has 2 saturated heterocycles. The quantitative estimate of drug-likeness (QED) is 0.744. The van der Waals surface area contributed by atoms with Gasteiger partial charge in [0.15, 0.2) is 5.78 Å². The Labute approximate surface area is 143 Å². The highest BCUT2D eigenvalue weighted by atomic mass is 16.6. The van der Waals surface area contributed by atoms with E-state index in [2.05, 4.69) is 13.8 Å². The molecule has 1 aromatic carbocycles. The standard InChI is InChI=1S/C20H26O4/c1-14(21)5-10-17-19(2,3)18-11-12-20(17,24-18)13-23-16-8-6-15(22-4)7-9-16/h5-10,17-18H,11-13H2,1-4H3/b10-5+/t17-,18+,20+/m0/s1. The average Bonchev–Trinajstić information content (AvgIpc) is 3.06. The molecule has 3 rings (SSSR count). The van der Waals surface area contributed by atoms with Gasteiger partial charge in [0.25, 0.3) is 0 Å². The number of fused-ring (bicyclic) bond motifs is 2. The summed E-state index contributed by atoms with van der Waals surface area (Å²) in [5, 5.41) is 0. The van der Waals surface area contributed by atoms with Crippen LogP contribution >= 0.6 is 0 Å². The van der Waals surface area contributed by atoms with Gasteiger partial charge in [-0.25, -0.2) is 0 Å². The van der Waals surface area contributed by atoms with Crippen molar-refractivity contribution in [2.75, 3.05) is 13.7 Å². The van der Waals surface area contributed by atoms with Crippen LogP contribution in [0.4, 0.5) is 0 Å². The maximum atomic E-state index is 11.4. The summed E-state index contributed by atoms with van der Waals surface area (Å²) in [6.07, 6.45) is 5.93. The molecule has 2 aliphatic heterocycles. The normalized spacial score (nSPS) is 30.7. The number of allylic oxidation sites excluding steroid dienone is 1. The van der Waals surface area contributed by atoms with Crippen LogP contribution in [0.15, 0.2) is 36.4 Å². The van der Waals surface area contributed by atoms with Gasteiger partial charge in [-0.05, 0) is 50.1 Å². The summed E-state index contributed by atoms with van der Waals surface area (Å²) in [7, 11) is 1.65. The van der Waals surface area contributed by atoms with Gasteiger partial charge in [0.2, 0.25) is 0 Å². The van der Waals surface area contributed by atoms with Crippen molar-refractivity contribution in [2.24, 2.45) is 11.3 Å². The zero-order valence-corrected chi connectivity index (χ0v) is 14.9. The van der Waals surface area contributed by atoms with Crippen LogP contribution in [0.2, 0.25) is 0 Å². The highest BCUT2D eigenvalue weighted by Gasteiger charge is 2.62. The molecule has 3 atom stereocenters. The van der Waals surface area contributed by atoms with Gasteiger partial charge in [-0.2, -0.15) is 0 Å². The van der Waals surface area contributed by atoms with Crippen molar-refractivity contribution in [2.45, 2.75) is 45.3 Å². The number of hydrogen-bond donors (Lipinski definition) is 0. The van der Waals surface area contributed by atoms with Gasteiger partial charge in [0.1, 0.15) is 23.7 Å². The Hall–Kier alpha value is -1.81. The molecule has 0 aromatic heterocycles. The summed E-state index contributed by atoms with van der Waals surface area (Å²) in [6, 6.07) is 7.58. The van der Waals surface area contributed by atoms with Crippen molar-refractivity contribution in [3.8, 4) is 11.5 Å². The summed E-state index contributed by atoms with van der Waals surface area (Å²) >= 11 is 0. The molecule has 0 saturated carbocycles. The summed E-state index contributed by atoms with van der Waals surface area (Å²) in [6.45, 7) is 6.52. The average molecular weight is 330 g/mol. The Kier molecular flexibility index (Phi) is 4.43. The second kappa shape index (κ2) is 6.25. The van der Waals surface area contributed by atoms with Crippen molar-refractivity contribution in [3.63, 3.8) is 0 Å². The lowest BCUT2D eigenvalue weighted by molar-refractivity contribution is -0.112. The van der Waals surface area contributed by atoms with Crippen LogP contribution in [0.25, 0.3) is 0 Å².